The molecule has 0 atom stereocenters. The van der Waals surface area contributed by atoms with Gasteiger partial charge in [0.1, 0.15) is 0 Å². The third-order valence-corrected chi connectivity index (χ3v) is 2.40. The summed E-state index contributed by atoms with van der Waals surface area (Å²) in [5.74, 6) is -3.25. The van der Waals surface area contributed by atoms with Gasteiger partial charge in [-0.1, -0.05) is 24.3 Å². The minimum absolute atomic E-state index is 0.0477. The van der Waals surface area contributed by atoms with Crippen molar-refractivity contribution < 1.29 is 18.3 Å². The van der Waals surface area contributed by atoms with E-state index in [1.165, 1.54) is 12.1 Å². The minimum atomic E-state index is -2.85. The van der Waals surface area contributed by atoms with Crippen LogP contribution in [-0.2, 0) is 15.5 Å². The summed E-state index contributed by atoms with van der Waals surface area (Å²) in [6.07, 6.45) is 1.61. The van der Waals surface area contributed by atoms with Crippen molar-refractivity contribution >= 4 is 12.0 Å². The van der Waals surface area contributed by atoms with Gasteiger partial charge in [0.2, 0.25) is 0 Å². The predicted octanol–water partition coefficient (Wildman–Crippen LogP) is 3.76. The second-order valence-electron chi connectivity index (χ2n) is 4.06. The van der Waals surface area contributed by atoms with Crippen LogP contribution in [0.25, 0.3) is 6.08 Å². The molecule has 0 radical (unpaired) electrons. The van der Waals surface area contributed by atoms with E-state index in [4.69, 9.17) is 4.74 Å². The lowest BCUT2D eigenvalue weighted by Gasteiger charge is -2.10. The van der Waals surface area contributed by atoms with Crippen LogP contribution in [0.15, 0.2) is 29.8 Å². The lowest BCUT2D eigenvalue weighted by Crippen LogP contribution is -2.06. The van der Waals surface area contributed by atoms with Crippen molar-refractivity contribution in [3.63, 3.8) is 0 Å². The fourth-order valence-corrected chi connectivity index (χ4v) is 1.43. The second kappa shape index (κ2) is 5.76. The van der Waals surface area contributed by atoms with Crippen molar-refractivity contribution in [3.8, 4) is 0 Å². The van der Waals surface area contributed by atoms with Gasteiger partial charge in [0.25, 0.3) is 5.92 Å². The summed E-state index contributed by atoms with van der Waals surface area (Å²) in [7, 11) is 0. The van der Waals surface area contributed by atoms with Crippen molar-refractivity contribution in [2.45, 2.75) is 26.7 Å². The van der Waals surface area contributed by atoms with E-state index in [1.807, 2.05) is 0 Å². The van der Waals surface area contributed by atoms with Crippen molar-refractivity contribution in [2.24, 2.45) is 0 Å². The molecule has 0 bridgehead atoms. The van der Waals surface area contributed by atoms with E-state index in [1.54, 1.807) is 32.1 Å². The molecule has 0 spiro atoms. The van der Waals surface area contributed by atoms with E-state index in [0.29, 0.717) is 17.7 Å². The summed E-state index contributed by atoms with van der Waals surface area (Å²) >= 11 is 0. The molecule has 0 heterocycles. The van der Waals surface area contributed by atoms with Gasteiger partial charge in [0.05, 0.1) is 6.61 Å². The number of ether oxygens (including phenoxy) is 1. The molecule has 1 aromatic carbocycles. The molecular formula is C14H16F2O2. The Kier molecular flexibility index (Phi) is 4.59. The quantitative estimate of drug-likeness (QED) is 0.604. The van der Waals surface area contributed by atoms with Gasteiger partial charge >= 0.3 is 5.97 Å². The monoisotopic (exact) mass is 254 g/mol. The van der Waals surface area contributed by atoms with Crippen LogP contribution in [-0.4, -0.2) is 12.6 Å². The number of benzene rings is 1. The summed E-state index contributed by atoms with van der Waals surface area (Å²) in [4.78, 5) is 11.4. The molecule has 0 fully saturated rings. The SMILES string of the molecule is CCOC(=O)/C(C)=C/c1ccc(C(C)(F)F)cc1. The van der Waals surface area contributed by atoms with Gasteiger partial charge in [-0.05, 0) is 25.5 Å². The molecule has 0 amide bonds. The molecule has 0 aliphatic heterocycles. The van der Waals surface area contributed by atoms with Gasteiger partial charge in [-0.3, -0.25) is 0 Å². The number of alkyl halides is 2. The first kappa shape index (κ1) is 14.4. The zero-order valence-corrected chi connectivity index (χ0v) is 10.7. The zero-order chi connectivity index (χ0) is 13.8. The van der Waals surface area contributed by atoms with Crippen LogP contribution in [0, 0.1) is 0 Å². The van der Waals surface area contributed by atoms with Crippen molar-refractivity contribution in [2.75, 3.05) is 6.61 Å². The van der Waals surface area contributed by atoms with E-state index in [9.17, 15) is 13.6 Å². The standard InChI is InChI=1S/C14H16F2O2/c1-4-18-13(17)10(2)9-11-5-7-12(8-6-11)14(3,15)16/h5-9H,4H2,1-3H3/b10-9+. The summed E-state index contributed by atoms with van der Waals surface area (Å²) in [6.45, 7) is 4.51. The Morgan fingerprint density at radius 1 is 1.33 bits per heavy atom. The maximum Gasteiger partial charge on any atom is 0.333 e. The zero-order valence-electron chi connectivity index (χ0n) is 10.7. The molecule has 0 saturated carbocycles. The summed E-state index contributed by atoms with van der Waals surface area (Å²) in [5.41, 5.74) is 1.08. The highest BCUT2D eigenvalue weighted by atomic mass is 19.3. The number of carbonyl (C=O) groups excluding carboxylic acids is 1. The molecule has 0 aliphatic carbocycles. The van der Waals surface area contributed by atoms with Gasteiger partial charge in [-0.25, -0.2) is 13.6 Å². The maximum absolute atomic E-state index is 13.0. The Bertz CT molecular complexity index is 442. The average Bonchev–Trinajstić information content (AvgIpc) is 2.28. The Morgan fingerprint density at radius 2 is 1.89 bits per heavy atom. The smallest absolute Gasteiger partial charge is 0.333 e. The van der Waals surface area contributed by atoms with Crippen molar-refractivity contribution in [1.29, 1.82) is 0 Å². The molecule has 0 saturated heterocycles. The maximum atomic E-state index is 13.0. The van der Waals surface area contributed by atoms with Gasteiger partial charge in [-0.15, -0.1) is 0 Å². The Morgan fingerprint density at radius 3 is 2.33 bits per heavy atom. The van der Waals surface area contributed by atoms with Crippen LogP contribution in [0.4, 0.5) is 8.78 Å². The lowest BCUT2D eigenvalue weighted by molar-refractivity contribution is -0.138. The van der Waals surface area contributed by atoms with Crippen LogP contribution in [0.2, 0.25) is 0 Å². The first-order valence-corrected chi connectivity index (χ1v) is 5.68. The predicted molar refractivity (Wildman–Crippen MR) is 66.3 cm³/mol. The number of hydrogen-bond acceptors (Lipinski definition) is 2. The van der Waals surface area contributed by atoms with Crippen LogP contribution in [0.1, 0.15) is 31.9 Å². The van der Waals surface area contributed by atoms with Gasteiger partial charge in [0.15, 0.2) is 0 Å². The van der Waals surface area contributed by atoms with Crippen molar-refractivity contribution in [3.05, 3.63) is 41.0 Å². The molecule has 98 valence electrons. The van der Waals surface area contributed by atoms with Gasteiger partial charge < -0.3 is 4.74 Å². The molecular weight excluding hydrogens is 238 g/mol. The first-order chi connectivity index (χ1) is 8.34. The van der Waals surface area contributed by atoms with E-state index in [0.717, 1.165) is 6.92 Å². The fourth-order valence-electron chi connectivity index (χ4n) is 1.43. The van der Waals surface area contributed by atoms with Crippen LogP contribution in [0.3, 0.4) is 0 Å². The van der Waals surface area contributed by atoms with Crippen LogP contribution >= 0.6 is 0 Å². The lowest BCUT2D eigenvalue weighted by atomic mass is 10.1. The Hall–Kier alpha value is -1.71. The first-order valence-electron chi connectivity index (χ1n) is 5.68. The van der Waals surface area contributed by atoms with E-state index in [-0.39, 0.29) is 5.56 Å². The highest BCUT2D eigenvalue weighted by Crippen LogP contribution is 2.27. The van der Waals surface area contributed by atoms with Crippen LogP contribution in [0.5, 0.6) is 0 Å². The largest absolute Gasteiger partial charge is 0.463 e. The third kappa shape index (κ3) is 3.95. The molecule has 0 unspecified atom stereocenters. The molecule has 0 aromatic heterocycles. The van der Waals surface area contributed by atoms with E-state index < -0.39 is 11.9 Å². The Labute approximate surface area is 105 Å². The molecule has 18 heavy (non-hydrogen) atoms. The number of halogens is 2. The highest BCUT2D eigenvalue weighted by Gasteiger charge is 2.23. The highest BCUT2D eigenvalue weighted by molar-refractivity contribution is 5.92. The molecule has 2 nitrogen and oxygen atoms in total. The van der Waals surface area contributed by atoms with E-state index in [2.05, 4.69) is 0 Å². The van der Waals surface area contributed by atoms with Crippen molar-refractivity contribution in [1.82, 2.24) is 0 Å². The summed E-state index contributed by atoms with van der Waals surface area (Å²) in [5, 5.41) is 0. The molecule has 0 aliphatic rings. The molecule has 1 aromatic rings. The Balaban J connectivity index is 2.87. The number of esters is 1. The second-order valence-corrected chi connectivity index (χ2v) is 4.06. The van der Waals surface area contributed by atoms with E-state index >= 15 is 0 Å². The van der Waals surface area contributed by atoms with Gasteiger partial charge in [0, 0.05) is 18.1 Å². The van der Waals surface area contributed by atoms with Gasteiger partial charge in [-0.2, -0.15) is 0 Å². The normalized spacial score (nSPS) is 12.4. The number of rotatable bonds is 4. The third-order valence-electron chi connectivity index (χ3n) is 2.40. The molecule has 1 rings (SSSR count). The average molecular weight is 254 g/mol. The molecule has 0 N–H and O–H groups in total. The summed E-state index contributed by atoms with van der Waals surface area (Å²) in [6, 6.07) is 5.81. The number of carbonyl (C=O) groups is 1. The number of hydrogen-bond donors (Lipinski definition) is 0. The topological polar surface area (TPSA) is 26.3 Å². The minimum Gasteiger partial charge on any atom is -0.463 e. The fraction of sp³-hybridized carbons (Fsp3) is 0.357. The van der Waals surface area contributed by atoms with Crippen LogP contribution < -0.4 is 0 Å². The summed E-state index contributed by atoms with van der Waals surface area (Å²) < 4.78 is 30.8. The molecule has 4 heteroatoms.